The van der Waals surface area contributed by atoms with Gasteiger partial charge in [-0.2, -0.15) is 9.37 Å². The highest BCUT2D eigenvalue weighted by Gasteiger charge is 2.13. The third-order valence-corrected chi connectivity index (χ3v) is 1.12. The second-order valence-corrected chi connectivity index (χ2v) is 1.86. The molecule has 0 aromatic carbocycles. The first-order valence-corrected chi connectivity index (χ1v) is 2.95. The molecule has 6 heteroatoms. The molecular formula is C6H5FN2O3. The largest absolute Gasteiger partial charge is 0.480 e. The van der Waals surface area contributed by atoms with Crippen LogP contribution in [0.25, 0.3) is 0 Å². The molecule has 0 saturated heterocycles. The maximum atomic E-state index is 12.7. The fourth-order valence-electron chi connectivity index (χ4n) is 0.593. The summed E-state index contributed by atoms with van der Waals surface area (Å²) in [4.78, 5) is 16.7. The SMILES string of the molecule is COc1cnc(C(=O)O)c(F)n1. The summed E-state index contributed by atoms with van der Waals surface area (Å²) in [6, 6.07) is 0. The Morgan fingerprint density at radius 1 is 1.75 bits per heavy atom. The number of nitrogens with zero attached hydrogens (tertiary/aromatic N) is 2. The lowest BCUT2D eigenvalue weighted by atomic mass is 10.4. The lowest BCUT2D eigenvalue weighted by Crippen LogP contribution is -2.06. The van der Waals surface area contributed by atoms with Crippen molar-refractivity contribution in [2.75, 3.05) is 7.11 Å². The lowest BCUT2D eigenvalue weighted by Gasteiger charge is -1.98. The normalized spacial score (nSPS) is 9.50. The number of carboxylic acid groups (broad SMARTS) is 1. The van der Waals surface area contributed by atoms with Crippen LogP contribution in [0.4, 0.5) is 4.39 Å². The van der Waals surface area contributed by atoms with Crippen molar-refractivity contribution in [1.82, 2.24) is 9.97 Å². The number of halogens is 1. The van der Waals surface area contributed by atoms with E-state index < -0.39 is 17.6 Å². The number of aromatic carboxylic acids is 1. The lowest BCUT2D eigenvalue weighted by molar-refractivity contribution is 0.0683. The molecule has 1 aromatic rings. The van der Waals surface area contributed by atoms with Crippen molar-refractivity contribution in [3.05, 3.63) is 17.8 Å². The Morgan fingerprint density at radius 2 is 2.42 bits per heavy atom. The van der Waals surface area contributed by atoms with Gasteiger partial charge in [0, 0.05) is 0 Å². The van der Waals surface area contributed by atoms with E-state index in [1.165, 1.54) is 7.11 Å². The van der Waals surface area contributed by atoms with Gasteiger partial charge in [0.15, 0.2) is 0 Å². The maximum Gasteiger partial charge on any atom is 0.359 e. The van der Waals surface area contributed by atoms with Crippen LogP contribution in [0.1, 0.15) is 10.5 Å². The highest BCUT2D eigenvalue weighted by molar-refractivity contribution is 5.85. The first-order valence-electron chi connectivity index (χ1n) is 2.95. The number of ether oxygens (including phenoxy) is 1. The van der Waals surface area contributed by atoms with E-state index in [9.17, 15) is 9.18 Å². The molecule has 1 aromatic heterocycles. The van der Waals surface area contributed by atoms with Crippen LogP contribution in [0.2, 0.25) is 0 Å². The molecule has 0 aliphatic rings. The van der Waals surface area contributed by atoms with Crippen molar-refractivity contribution >= 4 is 5.97 Å². The van der Waals surface area contributed by atoms with Gasteiger partial charge in [-0.05, 0) is 0 Å². The van der Waals surface area contributed by atoms with Crippen molar-refractivity contribution in [1.29, 1.82) is 0 Å². The standard InChI is InChI=1S/C6H5FN2O3/c1-12-3-2-8-4(6(10)11)5(7)9-3/h2H,1H3,(H,10,11). The Morgan fingerprint density at radius 3 is 2.83 bits per heavy atom. The molecule has 0 aliphatic carbocycles. The zero-order valence-electron chi connectivity index (χ0n) is 6.11. The van der Waals surface area contributed by atoms with Crippen molar-refractivity contribution in [3.8, 4) is 5.88 Å². The fraction of sp³-hybridized carbons (Fsp3) is 0.167. The molecule has 0 unspecified atom stereocenters. The molecule has 0 fully saturated rings. The summed E-state index contributed by atoms with van der Waals surface area (Å²) in [7, 11) is 1.28. The van der Waals surface area contributed by atoms with Crippen LogP contribution in [0.5, 0.6) is 5.88 Å². The number of carboxylic acids is 1. The minimum absolute atomic E-state index is 0.0579. The van der Waals surface area contributed by atoms with Crippen LogP contribution in [-0.4, -0.2) is 28.2 Å². The van der Waals surface area contributed by atoms with Gasteiger partial charge in [0.2, 0.25) is 17.5 Å². The van der Waals surface area contributed by atoms with E-state index in [0.717, 1.165) is 6.20 Å². The summed E-state index contributed by atoms with van der Waals surface area (Å²) in [5.41, 5.74) is -0.712. The monoisotopic (exact) mass is 172 g/mol. The van der Waals surface area contributed by atoms with Crippen molar-refractivity contribution < 1.29 is 19.0 Å². The molecular weight excluding hydrogens is 167 g/mol. The Balaban J connectivity index is 3.12. The van der Waals surface area contributed by atoms with Crippen LogP contribution in [0, 0.1) is 5.95 Å². The molecule has 5 nitrogen and oxygen atoms in total. The quantitative estimate of drug-likeness (QED) is 0.695. The topological polar surface area (TPSA) is 72.3 Å². The van der Waals surface area contributed by atoms with Gasteiger partial charge in [0.05, 0.1) is 13.3 Å². The average Bonchev–Trinajstić information content (AvgIpc) is 2.03. The highest BCUT2D eigenvalue weighted by atomic mass is 19.1. The van der Waals surface area contributed by atoms with E-state index in [1.807, 2.05) is 0 Å². The number of carbonyl (C=O) groups is 1. The van der Waals surface area contributed by atoms with Gasteiger partial charge in [0.25, 0.3) is 0 Å². The van der Waals surface area contributed by atoms with Crippen LogP contribution < -0.4 is 4.74 Å². The number of methoxy groups -OCH3 is 1. The average molecular weight is 172 g/mol. The van der Waals surface area contributed by atoms with E-state index in [4.69, 9.17) is 5.11 Å². The number of hydrogen-bond donors (Lipinski definition) is 1. The molecule has 64 valence electrons. The second-order valence-electron chi connectivity index (χ2n) is 1.86. The Kier molecular flexibility index (Phi) is 2.18. The van der Waals surface area contributed by atoms with Gasteiger partial charge in [-0.1, -0.05) is 0 Å². The summed E-state index contributed by atoms with van der Waals surface area (Å²) in [6.07, 6.45) is 1.03. The Hall–Kier alpha value is -1.72. The molecule has 0 spiro atoms. The summed E-state index contributed by atoms with van der Waals surface area (Å²) in [5, 5.41) is 8.35. The van der Waals surface area contributed by atoms with Gasteiger partial charge in [-0.3, -0.25) is 0 Å². The third-order valence-electron chi connectivity index (χ3n) is 1.12. The van der Waals surface area contributed by atoms with Crippen molar-refractivity contribution in [2.45, 2.75) is 0 Å². The summed E-state index contributed by atoms with van der Waals surface area (Å²) < 4.78 is 17.2. The molecule has 1 N–H and O–H groups in total. The van der Waals surface area contributed by atoms with E-state index >= 15 is 0 Å². The van der Waals surface area contributed by atoms with Crippen LogP contribution in [0.3, 0.4) is 0 Å². The summed E-state index contributed by atoms with van der Waals surface area (Å²) in [5.74, 6) is -2.66. The maximum absolute atomic E-state index is 12.7. The first kappa shape index (κ1) is 8.38. The zero-order valence-corrected chi connectivity index (χ0v) is 6.11. The van der Waals surface area contributed by atoms with E-state index in [2.05, 4.69) is 14.7 Å². The third kappa shape index (κ3) is 1.47. The fourth-order valence-corrected chi connectivity index (χ4v) is 0.593. The number of hydrogen-bond acceptors (Lipinski definition) is 4. The van der Waals surface area contributed by atoms with Crippen molar-refractivity contribution in [3.63, 3.8) is 0 Å². The minimum Gasteiger partial charge on any atom is -0.480 e. The van der Waals surface area contributed by atoms with Gasteiger partial charge >= 0.3 is 5.97 Å². The molecule has 1 rings (SSSR count). The Bertz CT molecular complexity index is 316. The smallest absolute Gasteiger partial charge is 0.359 e. The molecule has 0 aliphatic heterocycles. The van der Waals surface area contributed by atoms with Crippen LogP contribution in [-0.2, 0) is 0 Å². The Labute approximate surface area is 66.8 Å². The van der Waals surface area contributed by atoms with E-state index in [0.29, 0.717) is 0 Å². The molecule has 0 radical (unpaired) electrons. The van der Waals surface area contributed by atoms with Gasteiger partial charge in [-0.15, -0.1) is 0 Å². The van der Waals surface area contributed by atoms with Crippen molar-refractivity contribution in [2.24, 2.45) is 0 Å². The van der Waals surface area contributed by atoms with Crippen LogP contribution >= 0.6 is 0 Å². The second kappa shape index (κ2) is 3.12. The summed E-state index contributed by atoms with van der Waals surface area (Å²) in [6.45, 7) is 0. The van der Waals surface area contributed by atoms with Gasteiger partial charge in [0.1, 0.15) is 0 Å². The molecule has 1 heterocycles. The predicted molar refractivity (Wildman–Crippen MR) is 35.5 cm³/mol. The molecule has 0 bridgehead atoms. The van der Waals surface area contributed by atoms with Gasteiger partial charge in [-0.25, -0.2) is 9.78 Å². The zero-order chi connectivity index (χ0) is 9.14. The van der Waals surface area contributed by atoms with E-state index in [-0.39, 0.29) is 5.88 Å². The van der Waals surface area contributed by atoms with Gasteiger partial charge < -0.3 is 9.84 Å². The highest BCUT2D eigenvalue weighted by Crippen LogP contribution is 2.07. The van der Waals surface area contributed by atoms with Crippen LogP contribution in [0.15, 0.2) is 6.20 Å². The predicted octanol–water partition coefficient (Wildman–Crippen LogP) is 0.322. The molecule has 12 heavy (non-hydrogen) atoms. The molecule has 0 amide bonds. The molecule has 0 saturated carbocycles. The first-order chi connectivity index (χ1) is 5.65. The number of aromatic nitrogens is 2. The minimum atomic E-state index is -1.46. The molecule has 0 atom stereocenters. The number of rotatable bonds is 2. The van der Waals surface area contributed by atoms with E-state index in [1.54, 1.807) is 0 Å². The summed E-state index contributed by atoms with van der Waals surface area (Å²) >= 11 is 0.